The van der Waals surface area contributed by atoms with Gasteiger partial charge in [0.05, 0.1) is 5.92 Å². The lowest BCUT2D eigenvalue weighted by molar-refractivity contribution is -0.137. The van der Waals surface area contributed by atoms with Crippen molar-refractivity contribution in [2.24, 2.45) is 5.92 Å². The third kappa shape index (κ3) is 2.53. The molecule has 0 spiro atoms. The number of fused-ring (bicyclic) bond motifs is 1. The van der Waals surface area contributed by atoms with Crippen LogP contribution in [0.15, 0.2) is 54.6 Å². The van der Waals surface area contributed by atoms with Crippen molar-refractivity contribution in [1.82, 2.24) is 0 Å². The summed E-state index contributed by atoms with van der Waals surface area (Å²) in [4.78, 5) is 12.1. The van der Waals surface area contributed by atoms with Crippen LogP contribution in [0.2, 0.25) is 0 Å². The zero-order valence-electron chi connectivity index (χ0n) is 10.7. The first-order chi connectivity index (χ1) is 9.34. The molecule has 3 rings (SSSR count). The van der Waals surface area contributed by atoms with Crippen molar-refractivity contribution < 1.29 is 9.53 Å². The first-order valence-corrected chi connectivity index (χ1v) is 6.71. The van der Waals surface area contributed by atoms with Gasteiger partial charge in [-0.15, -0.1) is 0 Å². The standard InChI is InChI=1S/C17H16O2/c18-17(14-8-2-1-3-9-14)19-16-12-6-10-13-7-4-5-11-15(13)16/h2,4-8,10-12,14H,1,3,9H2. The lowest BCUT2D eigenvalue weighted by Crippen LogP contribution is -2.20. The van der Waals surface area contributed by atoms with Crippen molar-refractivity contribution in [3.8, 4) is 5.75 Å². The monoisotopic (exact) mass is 252 g/mol. The number of rotatable bonds is 2. The van der Waals surface area contributed by atoms with Crippen molar-refractivity contribution in [1.29, 1.82) is 0 Å². The third-order valence-electron chi connectivity index (χ3n) is 3.52. The molecule has 1 aliphatic rings. The van der Waals surface area contributed by atoms with Gasteiger partial charge < -0.3 is 4.74 Å². The minimum Gasteiger partial charge on any atom is -0.425 e. The molecule has 1 atom stereocenters. The SMILES string of the molecule is O=C(Oc1cccc2ccccc12)C1C=CCCC1. The number of carbonyl (C=O) groups excluding carboxylic acids is 1. The summed E-state index contributed by atoms with van der Waals surface area (Å²) in [5.41, 5.74) is 0. The minimum absolute atomic E-state index is 0.0901. The number of ether oxygens (including phenoxy) is 1. The van der Waals surface area contributed by atoms with Crippen molar-refractivity contribution in [2.45, 2.75) is 19.3 Å². The fourth-order valence-corrected chi connectivity index (χ4v) is 2.48. The van der Waals surface area contributed by atoms with Gasteiger partial charge in [0.1, 0.15) is 5.75 Å². The molecule has 0 aliphatic heterocycles. The molecule has 0 amide bonds. The number of allylic oxidation sites excluding steroid dienone is 1. The van der Waals surface area contributed by atoms with Crippen molar-refractivity contribution in [2.75, 3.05) is 0 Å². The van der Waals surface area contributed by atoms with Gasteiger partial charge in [-0.1, -0.05) is 48.6 Å². The highest BCUT2D eigenvalue weighted by molar-refractivity contribution is 5.90. The highest BCUT2D eigenvalue weighted by Crippen LogP contribution is 2.27. The van der Waals surface area contributed by atoms with Gasteiger partial charge in [0.2, 0.25) is 0 Å². The number of carbonyl (C=O) groups is 1. The molecule has 0 fully saturated rings. The Morgan fingerprint density at radius 1 is 1.11 bits per heavy atom. The smallest absolute Gasteiger partial charge is 0.318 e. The van der Waals surface area contributed by atoms with Gasteiger partial charge in [-0.2, -0.15) is 0 Å². The van der Waals surface area contributed by atoms with Gasteiger partial charge >= 0.3 is 5.97 Å². The topological polar surface area (TPSA) is 26.3 Å². The Hall–Kier alpha value is -2.09. The van der Waals surface area contributed by atoms with Gasteiger partial charge in [-0.3, -0.25) is 4.79 Å². The average Bonchev–Trinajstić information content (AvgIpc) is 2.48. The van der Waals surface area contributed by atoms with Crippen LogP contribution in [0.4, 0.5) is 0 Å². The van der Waals surface area contributed by atoms with E-state index in [1.165, 1.54) is 0 Å². The Morgan fingerprint density at radius 2 is 1.95 bits per heavy atom. The van der Waals surface area contributed by atoms with E-state index >= 15 is 0 Å². The van der Waals surface area contributed by atoms with Crippen LogP contribution in [0.1, 0.15) is 19.3 Å². The highest BCUT2D eigenvalue weighted by Gasteiger charge is 2.20. The maximum absolute atomic E-state index is 12.1. The number of benzene rings is 2. The van der Waals surface area contributed by atoms with Gasteiger partial charge in [0.25, 0.3) is 0 Å². The van der Waals surface area contributed by atoms with Gasteiger partial charge in [0.15, 0.2) is 0 Å². The van der Waals surface area contributed by atoms with Crippen LogP contribution in [0, 0.1) is 5.92 Å². The van der Waals surface area contributed by atoms with Crippen molar-refractivity contribution in [3.63, 3.8) is 0 Å². The summed E-state index contributed by atoms with van der Waals surface area (Å²) < 4.78 is 5.58. The zero-order chi connectivity index (χ0) is 13.1. The van der Waals surface area contributed by atoms with E-state index in [1.807, 2.05) is 48.5 Å². The Bertz CT molecular complexity index is 623. The van der Waals surface area contributed by atoms with Crippen LogP contribution < -0.4 is 4.74 Å². The fraction of sp³-hybridized carbons (Fsp3) is 0.235. The van der Waals surface area contributed by atoms with E-state index in [1.54, 1.807) is 0 Å². The molecule has 0 radical (unpaired) electrons. The Kier molecular flexibility index (Phi) is 3.32. The molecule has 0 saturated heterocycles. The maximum atomic E-state index is 12.1. The van der Waals surface area contributed by atoms with Gasteiger partial charge in [-0.05, 0) is 30.7 Å². The summed E-state index contributed by atoms with van der Waals surface area (Å²) in [6.45, 7) is 0. The summed E-state index contributed by atoms with van der Waals surface area (Å²) in [5, 5.41) is 2.07. The molecule has 2 heteroatoms. The highest BCUT2D eigenvalue weighted by atomic mass is 16.5. The first-order valence-electron chi connectivity index (χ1n) is 6.71. The van der Waals surface area contributed by atoms with E-state index in [2.05, 4.69) is 6.08 Å². The van der Waals surface area contributed by atoms with Gasteiger partial charge in [-0.25, -0.2) is 0 Å². The van der Waals surface area contributed by atoms with E-state index in [0.717, 1.165) is 30.0 Å². The Labute approximate surface area is 112 Å². The second-order valence-electron chi connectivity index (χ2n) is 4.86. The molecule has 2 aromatic rings. The molecule has 0 saturated carbocycles. The van der Waals surface area contributed by atoms with Crippen LogP contribution in [0.25, 0.3) is 10.8 Å². The van der Waals surface area contributed by atoms with Crippen LogP contribution in [0.5, 0.6) is 5.75 Å². The molecule has 1 unspecified atom stereocenters. The van der Waals surface area contributed by atoms with Crippen LogP contribution >= 0.6 is 0 Å². The molecule has 0 N–H and O–H groups in total. The largest absolute Gasteiger partial charge is 0.425 e. The zero-order valence-corrected chi connectivity index (χ0v) is 10.7. The fourth-order valence-electron chi connectivity index (χ4n) is 2.48. The predicted octanol–water partition coefficient (Wildman–Crippen LogP) is 4.10. The molecule has 0 aromatic heterocycles. The second-order valence-corrected chi connectivity index (χ2v) is 4.86. The van der Waals surface area contributed by atoms with Crippen LogP contribution in [-0.2, 0) is 4.79 Å². The molecular formula is C17H16O2. The molecule has 0 bridgehead atoms. The van der Waals surface area contributed by atoms with Crippen LogP contribution in [0.3, 0.4) is 0 Å². The molecule has 2 aromatic carbocycles. The quantitative estimate of drug-likeness (QED) is 0.457. The number of hydrogen-bond donors (Lipinski definition) is 0. The summed E-state index contributed by atoms with van der Waals surface area (Å²) in [6, 6.07) is 13.7. The molecule has 96 valence electrons. The van der Waals surface area contributed by atoms with E-state index < -0.39 is 0 Å². The summed E-state index contributed by atoms with van der Waals surface area (Å²) in [5.74, 6) is 0.419. The van der Waals surface area contributed by atoms with Crippen molar-refractivity contribution in [3.05, 3.63) is 54.6 Å². The average molecular weight is 252 g/mol. The van der Waals surface area contributed by atoms with E-state index in [0.29, 0.717) is 5.75 Å². The molecule has 19 heavy (non-hydrogen) atoms. The predicted molar refractivity (Wildman–Crippen MR) is 76.1 cm³/mol. The van der Waals surface area contributed by atoms with Crippen LogP contribution in [-0.4, -0.2) is 5.97 Å². The van der Waals surface area contributed by atoms with E-state index in [4.69, 9.17) is 4.74 Å². The lowest BCUT2D eigenvalue weighted by atomic mass is 9.96. The summed E-state index contributed by atoms with van der Waals surface area (Å²) >= 11 is 0. The first kappa shape index (κ1) is 12.0. The lowest BCUT2D eigenvalue weighted by Gasteiger charge is -2.15. The minimum atomic E-state index is -0.146. The molecule has 2 nitrogen and oxygen atoms in total. The Balaban J connectivity index is 1.87. The van der Waals surface area contributed by atoms with E-state index in [-0.39, 0.29) is 11.9 Å². The third-order valence-corrected chi connectivity index (χ3v) is 3.52. The Morgan fingerprint density at radius 3 is 2.79 bits per heavy atom. The summed E-state index contributed by atoms with van der Waals surface area (Å²) in [7, 11) is 0. The number of esters is 1. The molecule has 1 aliphatic carbocycles. The van der Waals surface area contributed by atoms with Crippen molar-refractivity contribution >= 4 is 16.7 Å². The normalized spacial score (nSPS) is 18.4. The molecule has 0 heterocycles. The molecular weight excluding hydrogens is 236 g/mol. The maximum Gasteiger partial charge on any atom is 0.318 e. The second kappa shape index (κ2) is 5.27. The van der Waals surface area contributed by atoms with E-state index in [9.17, 15) is 4.79 Å². The number of hydrogen-bond acceptors (Lipinski definition) is 2. The summed E-state index contributed by atoms with van der Waals surface area (Å²) in [6.07, 6.45) is 7.06. The van der Waals surface area contributed by atoms with Gasteiger partial charge in [0, 0.05) is 5.39 Å².